The van der Waals surface area contributed by atoms with E-state index in [0.717, 1.165) is 15.8 Å². The Bertz CT molecular complexity index is 1400. The molecule has 1 aromatic heterocycles. The fraction of sp³-hybridized carbons (Fsp3) is 0.0741. The number of methoxy groups -OCH3 is 2. The Labute approximate surface area is 201 Å². The number of ether oxygens (including phenoxy) is 2. The maximum atomic E-state index is 13.5. The van der Waals surface area contributed by atoms with Crippen LogP contribution in [0, 0.1) is 0 Å². The van der Waals surface area contributed by atoms with Crippen LogP contribution >= 0.6 is 11.3 Å². The van der Waals surface area contributed by atoms with Crippen LogP contribution in [0.3, 0.4) is 0 Å². The topological polar surface area (TPSA) is 64.0 Å². The third-order valence-electron chi connectivity index (χ3n) is 5.32. The second kappa shape index (κ2) is 9.33. The number of carbonyl (C=O) groups is 1. The van der Waals surface area contributed by atoms with E-state index >= 15 is 0 Å². The number of hydrogen-bond acceptors (Lipinski definition) is 6. The SMILES string of the molecule is COc1ccc(OC)c2sc(N3C(=O)C(=CC=Cc4ccccc4)N=C3c3ccccc3)nc12. The van der Waals surface area contributed by atoms with Crippen molar-refractivity contribution in [2.75, 3.05) is 19.1 Å². The highest BCUT2D eigenvalue weighted by molar-refractivity contribution is 7.23. The summed E-state index contributed by atoms with van der Waals surface area (Å²) < 4.78 is 11.8. The van der Waals surface area contributed by atoms with E-state index in [1.54, 1.807) is 25.2 Å². The molecule has 0 aliphatic carbocycles. The number of rotatable bonds is 6. The Hall–Kier alpha value is -4.23. The number of fused-ring (bicyclic) bond motifs is 1. The van der Waals surface area contributed by atoms with Gasteiger partial charge in [-0.15, -0.1) is 0 Å². The van der Waals surface area contributed by atoms with Crippen LogP contribution in [0.4, 0.5) is 5.13 Å². The molecule has 3 aromatic carbocycles. The molecule has 4 aromatic rings. The van der Waals surface area contributed by atoms with Gasteiger partial charge in [-0.25, -0.2) is 14.9 Å². The van der Waals surface area contributed by atoms with Crippen LogP contribution in [0.25, 0.3) is 16.3 Å². The maximum Gasteiger partial charge on any atom is 0.284 e. The molecule has 0 atom stereocenters. The molecule has 0 spiro atoms. The Morgan fingerprint density at radius 2 is 1.56 bits per heavy atom. The molecule has 5 rings (SSSR count). The van der Waals surface area contributed by atoms with Gasteiger partial charge in [0.05, 0.1) is 14.2 Å². The monoisotopic (exact) mass is 467 g/mol. The fourth-order valence-electron chi connectivity index (χ4n) is 3.67. The van der Waals surface area contributed by atoms with E-state index in [1.807, 2.05) is 84.9 Å². The molecule has 1 amide bonds. The van der Waals surface area contributed by atoms with Crippen LogP contribution in [-0.2, 0) is 4.79 Å². The number of aliphatic imine (C=N–C) groups is 1. The lowest BCUT2D eigenvalue weighted by atomic mass is 10.2. The normalized spacial score (nSPS) is 14.9. The summed E-state index contributed by atoms with van der Waals surface area (Å²) in [6.07, 6.45) is 5.50. The van der Waals surface area contributed by atoms with Gasteiger partial charge in [0.25, 0.3) is 5.91 Å². The largest absolute Gasteiger partial charge is 0.495 e. The van der Waals surface area contributed by atoms with Gasteiger partial charge in [-0.1, -0.05) is 84.2 Å². The summed E-state index contributed by atoms with van der Waals surface area (Å²) in [5.74, 6) is 1.58. The van der Waals surface area contributed by atoms with Crippen molar-refractivity contribution in [2.45, 2.75) is 0 Å². The van der Waals surface area contributed by atoms with E-state index < -0.39 is 0 Å². The summed E-state index contributed by atoms with van der Waals surface area (Å²) in [6, 6.07) is 23.2. The van der Waals surface area contributed by atoms with Crippen molar-refractivity contribution < 1.29 is 14.3 Å². The Balaban J connectivity index is 1.60. The molecule has 1 aliphatic rings. The highest BCUT2D eigenvalue weighted by Gasteiger charge is 2.35. The van der Waals surface area contributed by atoms with Crippen molar-refractivity contribution in [3.63, 3.8) is 0 Å². The highest BCUT2D eigenvalue weighted by Crippen LogP contribution is 2.41. The quantitative estimate of drug-likeness (QED) is 0.341. The van der Waals surface area contributed by atoms with Crippen LogP contribution in [0.2, 0.25) is 0 Å². The van der Waals surface area contributed by atoms with Gasteiger partial charge in [0.15, 0.2) is 5.13 Å². The Kier molecular flexibility index (Phi) is 5.93. The second-order valence-electron chi connectivity index (χ2n) is 7.41. The number of allylic oxidation sites excluding steroid dienone is 2. The van der Waals surface area contributed by atoms with Crippen LogP contribution < -0.4 is 14.4 Å². The first-order chi connectivity index (χ1) is 16.7. The number of benzene rings is 3. The van der Waals surface area contributed by atoms with Crippen molar-refractivity contribution >= 4 is 44.5 Å². The molecule has 0 unspecified atom stereocenters. The lowest BCUT2D eigenvalue weighted by Crippen LogP contribution is -2.32. The van der Waals surface area contributed by atoms with Crippen molar-refractivity contribution in [1.82, 2.24) is 4.98 Å². The number of amides is 1. The van der Waals surface area contributed by atoms with Gasteiger partial charge in [-0.05, 0) is 23.8 Å². The number of carbonyl (C=O) groups excluding carboxylic acids is 1. The molecular weight excluding hydrogens is 446 g/mol. The van der Waals surface area contributed by atoms with E-state index in [0.29, 0.717) is 33.7 Å². The molecule has 7 heteroatoms. The average Bonchev–Trinajstić information content (AvgIpc) is 3.46. The Morgan fingerprint density at radius 3 is 2.26 bits per heavy atom. The van der Waals surface area contributed by atoms with Crippen molar-refractivity contribution in [3.05, 3.63) is 102 Å². The van der Waals surface area contributed by atoms with Crippen LogP contribution in [0.1, 0.15) is 11.1 Å². The maximum absolute atomic E-state index is 13.5. The lowest BCUT2D eigenvalue weighted by Gasteiger charge is -2.14. The van der Waals surface area contributed by atoms with Crippen LogP contribution in [0.5, 0.6) is 11.5 Å². The van der Waals surface area contributed by atoms with E-state index in [4.69, 9.17) is 19.5 Å². The molecule has 168 valence electrons. The van der Waals surface area contributed by atoms with E-state index in [2.05, 4.69) is 0 Å². The molecule has 0 radical (unpaired) electrons. The molecule has 1 aliphatic heterocycles. The number of aromatic nitrogens is 1. The molecule has 6 nitrogen and oxygen atoms in total. The molecule has 0 N–H and O–H groups in total. The first-order valence-corrected chi connectivity index (χ1v) is 11.4. The standard InChI is InChI=1S/C27H21N3O3S/c1-32-21-16-17-22(33-2)24-23(21)29-27(34-24)30-25(19-13-7-4-8-14-19)28-20(26(30)31)15-9-12-18-10-5-3-6-11-18/h3-17H,1-2H3. The number of hydrogen-bond donors (Lipinski definition) is 0. The zero-order valence-corrected chi connectivity index (χ0v) is 19.5. The number of anilines is 1. The number of amidine groups is 1. The second-order valence-corrected chi connectivity index (χ2v) is 8.39. The van der Waals surface area contributed by atoms with Crippen molar-refractivity contribution in [1.29, 1.82) is 0 Å². The lowest BCUT2D eigenvalue weighted by molar-refractivity contribution is -0.113. The summed E-state index contributed by atoms with van der Waals surface area (Å²) in [5, 5.41) is 0.501. The average molecular weight is 468 g/mol. The molecule has 34 heavy (non-hydrogen) atoms. The Morgan fingerprint density at radius 1 is 0.882 bits per heavy atom. The zero-order chi connectivity index (χ0) is 23.5. The molecule has 0 fully saturated rings. The van der Waals surface area contributed by atoms with Gasteiger partial charge in [0, 0.05) is 5.56 Å². The summed E-state index contributed by atoms with van der Waals surface area (Å²) in [6.45, 7) is 0. The predicted octanol–water partition coefficient (Wildman–Crippen LogP) is 5.70. The molecule has 0 saturated heterocycles. The third kappa shape index (κ3) is 3.97. The summed E-state index contributed by atoms with van der Waals surface area (Å²) >= 11 is 1.36. The van der Waals surface area contributed by atoms with Gasteiger partial charge in [-0.3, -0.25) is 4.79 Å². The van der Waals surface area contributed by atoms with E-state index in [9.17, 15) is 4.79 Å². The van der Waals surface area contributed by atoms with Crippen molar-refractivity contribution in [3.8, 4) is 11.5 Å². The van der Waals surface area contributed by atoms with Crippen LogP contribution in [0.15, 0.2) is 95.6 Å². The predicted molar refractivity (Wildman–Crippen MR) is 137 cm³/mol. The van der Waals surface area contributed by atoms with E-state index in [-0.39, 0.29) is 5.91 Å². The first kappa shape index (κ1) is 21.6. The number of thiazole rings is 1. The van der Waals surface area contributed by atoms with E-state index in [1.165, 1.54) is 11.3 Å². The minimum Gasteiger partial charge on any atom is -0.495 e. The van der Waals surface area contributed by atoms with Gasteiger partial charge in [-0.2, -0.15) is 0 Å². The highest BCUT2D eigenvalue weighted by atomic mass is 32.1. The summed E-state index contributed by atoms with van der Waals surface area (Å²) in [4.78, 5) is 24.5. The molecular formula is C27H21N3O3S. The summed E-state index contributed by atoms with van der Waals surface area (Å²) in [7, 11) is 3.20. The van der Waals surface area contributed by atoms with Gasteiger partial charge >= 0.3 is 0 Å². The first-order valence-electron chi connectivity index (χ1n) is 10.6. The zero-order valence-electron chi connectivity index (χ0n) is 18.6. The van der Waals surface area contributed by atoms with Crippen molar-refractivity contribution in [2.24, 2.45) is 4.99 Å². The molecule has 2 heterocycles. The fourth-order valence-corrected chi connectivity index (χ4v) is 4.75. The minimum absolute atomic E-state index is 0.242. The van der Waals surface area contributed by atoms with Gasteiger partial charge in [0.2, 0.25) is 0 Å². The summed E-state index contributed by atoms with van der Waals surface area (Å²) in [5.41, 5.74) is 2.84. The van der Waals surface area contributed by atoms with Gasteiger partial charge < -0.3 is 9.47 Å². The van der Waals surface area contributed by atoms with Crippen LogP contribution in [-0.4, -0.2) is 30.9 Å². The smallest absolute Gasteiger partial charge is 0.284 e. The minimum atomic E-state index is -0.242. The number of nitrogens with zero attached hydrogens (tertiary/aromatic N) is 3. The third-order valence-corrected chi connectivity index (χ3v) is 6.38. The van der Waals surface area contributed by atoms with Gasteiger partial charge in [0.1, 0.15) is 33.2 Å². The molecule has 0 saturated carbocycles. The molecule has 0 bridgehead atoms.